The van der Waals surface area contributed by atoms with Crippen LogP contribution >= 0.6 is 34.5 Å². The number of amides is 2. The molecule has 0 radical (unpaired) electrons. The number of benzene rings is 1. The maximum Gasteiger partial charge on any atom is 0.242 e. The van der Waals surface area contributed by atoms with Crippen LogP contribution in [0.1, 0.15) is 67.0 Å². The van der Waals surface area contributed by atoms with Crippen molar-refractivity contribution in [3.05, 3.63) is 55.7 Å². The maximum absolute atomic E-state index is 13.7. The van der Waals surface area contributed by atoms with Crippen LogP contribution in [0.25, 0.3) is 0 Å². The van der Waals surface area contributed by atoms with Gasteiger partial charge in [0.15, 0.2) is 0 Å². The maximum atomic E-state index is 13.7. The molecule has 0 spiro atoms. The normalized spacial score (nSPS) is 18.0. The van der Waals surface area contributed by atoms with E-state index in [0.717, 1.165) is 24.0 Å². The molecule has 190 valence electrons. The Balaban J connectivity index is 1.52. The molecule has 35 heavy (non-hydrogen) atoms. The zero-order chi connectivity index (χ0) is 24.8. The van der Waals surface area contributed by atoms with Crippen LogP contribution in [-0.4, -0.2) is 55.0 Å². The summed E-state index contributed by atoms with van der Waals surface area (Å²) >= 11 is 14.5. The van der Waals surface area contributed by atoms with E-state index in [0.29, 0.717) is 48.5 Å². The smallest absolute Gasteiger partial charge is 0.242 e. The molecule has 2 heterocycles. The summed E-state index contributed by atoms with van der Waals surface area (Å²) in [7, 11) is 1.66. The molecule has 1 aromatic carbocycles. The van der Waals surface area contributed by atoms with Gasteiger partial charge in [-0.05, 0) is 59.9 Å². The van der Waals surface area contributed by atoms with Crippen molar-refractivity contribution in [1.82, 2.24) is 9.80 Å². The summed E-state index contributed by atoms with van der Waals surface area (Å²) in [5.41, 5.74) is 1.97. The second-order valence-electron chi connectivity index (χ2n) is 9.56. The second kappa shape index (κ2) is 12.6. The zero-order valence-electron chi connectivity index (χ0n) is 20.3. The van der Waals surface area contributed by atoms with Crippen LogP contribution in [0.4, 0.5) is 0 Å². The van der Waals surface area contributed by atoms with E-state index in [9.17, 15) is 9.59 Å². The first kappa shape index (κ1) is 26.5. The van der Waals surface area contributed by atoms with Gasteiger partial charge in [-0.1, -0.05) is 55.0 Å². The standard InChI is InChI=1S/C27H34Cl2N2O3S/c1-34-15-4-13-30(25(32)10-7-19-5-2-3-6-19)18-26(33)31-14-11-24-22(12-16-35-24)27(31)21-9-8-20(28)17-23(21)29/h8-9,12,16-17,19,27H,2-7,10-11,13-15,18H2,1H3. The number of nitrogens with zero attached hydrogens (tertiary/aromatic N) is 2. The molecule has 2 aromatic rings. The van der Waals surface area contributed by atoms with Gasteiger partial charge in [-0.25, -0.2) is 0 Å². The molecule has 2 aliphatic rings. The predicted octanol–water partition coefficient (Wildman–Crippen LogP) is 6.36. The Kier molecular flexibility index (Phi) is 9.51. The van der Waals surface area contributed by atoms with Gasteiger partial charge in [-0.2, -0.15) is 0 Å². The third-order valence-corrected chi connectivity index (χ3v) is 8.80. The molecule has 0 saturated heterocycles. The lowest BCUT2D eigenvalue weighted by atomic mass is 9.93. The Bertz CT molecular complexity index is 1020. The first-order valence-corrected chi connectivity index (χ1v) is 14.2. The van der Waals surface area contributed by atoms with Crippen molar-refractivity contribution >= 4 is 46.4 Å². The van der Waals surface area contributed by atoms with E-state index in [-0.39, 0.29) is 24.4 Å². The third kappa shape index (κ3) is 6.59. The summed E-state index contributed by atoms with van der Waals surface area (Å²) in [6.07, 6.45) is 7.91. The van der Waals surface area contributed by atoms with E-state index in [1.165, 1.54) is 30.6 Å². The zero-order valence-corrected chi connectivity index (χ0v) is 22.6. The fourth-order valence-corrected chi connectivity index (χ4v) is 6.79. The molecule has 4 rings (SSSR count). The van der Waals surface area contributed by atoms with E-state index in [2.05, 4.69) is 11.4 Å². The fourth-order valence-electron chi connectivity index (χ4n) is 5.37. The van der Waals surface area contributed by atoms with Gasteiger partial charge in [0.05, 0.1) is 12.6 Å². The molecule has 1 fully saturated rings. The highest BCUT2D eigenvalue weighted by Gasteiger charge is 2.35. The van der Waals surface area contributed by atoms with E-state index in [4.69, 9.17) is 27.9 Å². The number of halogens is 2. The highest BCUT2D eigenvalue weighted by Crippen LogP contribution is 2.41. The van der Waals surface area contributed by atoms with Gasteiger partial charge in [0.1, 0.15) is 0 Å². The predicted molar refractivity (Wildman–Crippen MR) is 142 cm³/mol. The lowest BCUT2D eigenvalue weighted by Crippen LogP contribution is -2.47. The van der Waals surface area contributed by atoms with E-state index < -0.39 is 0 Å². The molecular formula is C27H34Cl2N2O3S. The Labute approximate surface area is 222 Å². The fraction of sp³-hybridized carbons (Fsp3) is 0.556. The summed E-state index contributed by atoms with van der Waals surface area (Å²) in [5, 5.41) is 3.18. The number of rotatable bonds is 10. The number of fused-ring (bicyclic) bond motifs is 1. The van der Waals surface area contributed by atoms with Gasteiger partial charge in [-0.3, -0.25) is 9.59 Å². The summed E-state index contributed by atoms with van der Waals surface area (Å²) < 4.78 is 5.20. The molecule has 1 aromatic heterocycles. The monoisotopic (exact) mass is 536 g/mol. The van der Waals surface area contributed by atoms with Crippen molar-refractivity contribution in [2.45, 2.75) is 57.4 Å². The minimum atomic E-state index is -0.281. The Morgan fingerprint density at radius 2 is 1.97 bits per heavy atom. The van der Waals surface area contributed by atoms with E-state index in [1.54, 1.807) is 29.4 Å². The molecular weight excluding hydrogens is 503 g/mol. The van der Waals surface area contributed by atoms with Crippen LogP contribution in [0, 0.1) is 5.92 Å². The highest BCUT2D eigenvalue weighted by atomic mass is 35.5. The molecule has 2 amide bonds. The van der Waals surface area contributed by atoms with Crippen LogP contribution in [0.15, 0.2) is 29.6 Å². The van der Waals surface area contributed by atoms with Crippen LogP contribution in [0.2, 0.25) is 10.0 Å². The highest BCUT2D eigenvalue weighted by molar-refractivity contribution is 7.10. The first-order valence-electron chi connectivity index (χ1n) is 12.5. The summed E-state index contributed by atoms with van der Waals surface area (Å²) in [6, 6.07) is 7.25. The van der Waals surface area contributed by atoms with Crippen molar-refractivity contribution in [2.75, 3.05) is 33.4 Å². The number of carbonyl (C=O) groups is 2. The van der Waals surface area contributed by atoms with Crippen LogP contribution in [0.3, 0.4) is 0 Å². The lowest BCUT2D eigenvalue weighted by Gasteiger charge is -2.38. The third-order valence-electron chi connectivity index (χ3n) is 7.24. The molecule has 8 heteroatoms. The average Bonchev–Trinajstić information content (AvgIpc) is 3.53. The number of methoxy groups -OCH3 is 1. The molecule has 5 nitrogen and oxygen atoms in total. The number of hydrogen-bond acceptors (Lipinski definition) is 4. The van der Waals surface area contributed by atoms with Crippen molar-refractivity contribution in [1.29, 1.82) is 0 Å². The van der Waals surface area contributed by atoms with Gasteiger partial charge < -0.3 is 14.5 Å². The lowest BCUT2D eigenvalue weighted by molar-refractivity contribution is -0.142. The van der Waals surface area contributed by atoms with Gasteiger partial charge >= 0.3 is 0 Å². The number of thiophene rings is 1. The largest absolute Gasteiger partial charge is 0.385 e. The van der Waals surface area contributed by atoms with Crippen molar-refractivity contribution in [3.8, 4) is 0 Å². The van der Waals surface area contributed by atoms with E-state index >= 15 is 0 Å². The van der Waals surface area contributed by atoms with Crippen LogP contribution in [-0.2, 0) is 20.7 Å². The summed E-state index contributed by atoms with van der Waals surface area (Å²) in [6.45, 7) is 1.76. The molecule has 1 aliphatic carbocycles. The molecule has 1 aliphatic heterocycles. The van der Waals surface area contributed by atoms with Gasteiger partial charge in [0.2, 0.25) is 11.8 Å². The van der Waals surface area contributed by atoms with Gasteiger partial charge in [0, 0.05) is 48.1 Å². The Morgan fingerprint density at radius 1 is 1.17 bits per heavy atom. The molecule has 0 N–H and O–H groups in total. The van der Waals surface area contributed by atoms with Crippen LogP contribution < -0.4 is 0 Å². The minimum absolute atomic E-state index is 0.0514. The van der Waals surface area contributed by atoms with Crippen molar-refractivity contribution < 1.29 is 14.3 Å². The van der Waals surface area contributed by atoms with Gasteiger partial charge in [-0.15, -0.1) is 11.3 Å². The summed E-state index contributed by atoms with van der Waals surface area (Å²) in [5.74, 6) is 0.658. The Hall–Kier alpha value is -1.60. The molecule has 1 unspecified atom stereocenters. The van der Waals surface area contributed by atoms with Crippen molar-refractivity contribution in [2.24, 2.45) is 5.92 Å². The van der Waals surface area contributed by atoms with E-state index in [1.807, 2.05) is 17.0 Å². The number of ether oxygens (including phenoxy) is 1. The minimum Gasteiger partial charge on any atom is -0.385 e. The van der Waals surface area contributed by atoms with Crippen LogP contribution in [0.5, 0.6) is 0 Å². The quantitative estimate of drug-likeness (QED) is 0.331. The SMILES string of the molecule is COCCCN(CC(=O)N1CCc2sccc2C1c1ccc(Cl)cc1Cl)C(=O)CCC1CCCC1. The molecule has 1 atom stereocenters. The average molecular weight is 538 g/mol. The number of carbonyl (C=O) groups excluding carboxylic acids is 2. The van der Waals surface area contributed by atoms with Gasteiger partial charge in [0.25, 0.3) is 0 Å². The first-order chi connectivity index (χ1) is 17.0. The van der Waals surface area contributed by atoms with Crippen molar-refractivity contribution in [3.63, 3.8) is 0 Å². The molecule has 0 bridgehead atoms. The Morgan fingerprint density at radius 3 is 2.71 bits per heavy atom. The second-order valence-corrected chi connectivity index (χ2v) is 11.4. The molecule has 1 saturated carbocycles. The topological polar surface area (TPSA) is 49.9 Å². The number of hydrogen-bond donors (Lipinski definition) is 0. The summed E-state index contributed by atoms with van der Waals surface area (Å²) in [4.78, 5) is 31.8.